The van der Waals surface area contributed by atoms with Crippen LogP contribution in [0.25, 0.3) is 0 Å². The van der Waals surface area contributed by atoms with Crippen LogP contribution in [0.3, 0.4) is 0 Å². The maximum Gasteiger partial charge on any atom is 0.0642 e. The molecule has 0 amide bonds. The Labute approximate surface area is 63.4 Å². The summed E-state index contributed by atoms with van der Waals surface area (Å²) < 4.78 is 5.17. The lowest BCUT2D eigenvalue weighted by Gasteiger charge is -2.11. The van der Waals surface area contributed by atoms with Gasteiger partial charge in [-0.05, 0) is 19.8 Å². The van der Waals surface area contributed by atoms with Gasteiger partial charge in [0.1, 0.15) is 0 Å². The first kappa shape index (κ1) is 9.44. The van der Waals surface area contributed by atoms with Crippen LogP contribution in [0.4, 0.5) is 0 Å². The van der Waals surface area contributed by atoms with Crippen LogP contribution in [0.15, 0.2) is 24.8 Å². The zero-order valence-corrected chi connectivity index (χ0v) is 6.89. The number of hydrogen-bond donors (Lipinski definition) is 0. The first-order valence-corrected chi connectivity index (χ1v) is 3.48. The molecule has 0 bridgehead atoms. The van der Waals surface area contributed by atoms with E-state index in [2.05, 4.69) is 13.2 Å². The minimum absolute atomic E-state index is 0.273. The van der Waals surface area contributed by atoms with Gasteiger partial charge in [-0.3, -0.25) is 0 Å². The van der Waals surface area contributed by atoms with Crippen LogP contribution in [-0.2, 0) is 4.74 Å². The average Bonchev–Trinajstić information content (AvgIpc) is 1.86. The summed E-state index contributed by atoms with van der Waals surface area (Å²) in [6.45, 7) is 9.47. The highest BCUT2D eigenvalue weighted by Gasteiger charge is 2.03. The van der Waals surface area contributed by atoms with Gasteiger partial charge in [0.05, 0.1) is 6.10 Å². The summed E-state index contributed by atoms with van der Waals surface area (Å²) in [7, 11) is 1.72. The van der Waals surface area contributed by atoms with E-state index in [1.807, 2.05) is 13.0 Å². The molecule has 0 saturated carbocycles. The third kappa shape index (κ3) is 4.33. The van der Waals surface area contributed by atoms with E-state index < -0.39 is 0 Å². The minimum Gasteiger partial charge on any atom is -0.381 e. The summed E-state index contributed by atoms with van der Waals surface area (Å²) in [5.74, 6) is 0. The van der Waals surface area contributed by atoms with Gasteiger partial charge in [-0.15, -0.1) is 13.2 Å². The molecule has 0 heterocycles. The van der Waals surface area contributed by atoms with E-state index in [-0.39, 0.29) is 6.10 Å². The van der Waals surface area contributed by atoms with E-state index in [1.165, 1.54) is 0 Å². The highest BCUT2D eigenvalue weighted by atomic mass is 16.5. The zero-order chi connectivity index (χ0) is 7.98. The summed E-state index contributed by atoms with van der Waals surface area (Å²) in [6.07, 6.45) is 3.98. The van der Waals surface area contributed by atoms with Gasteiger partial charge in [-0.25, -0.2) is 0 Å². The van der Waals surface area contributed by atoms with Crippen molar-refractivity contribution in [1.82, 2.24) is 0 Å². The zero-order valence-electron chi connectivity index (χ0n) is 6.89. The molecular weight excluding hydrogens is 124 g/mol. The van der Waals surface area contributed by atoms with Crippen molar-refractivity contribution in [2.24, 2.45) is 0 Å². The maximum absolute atomic E-state index is 5.17. The molecule has 0 aromatic heterocycles. The molecular formula is C9H16O. The Hall–Kier alpha value is -0.560. The normalized spacial score (nSPS) is 12.6. The monoisotopic (exact) mass is 140 g/mol. The van der Waals surface area contributed by atoms with Crippen molar-refractivity contribution in [3.63, 3.8) is 0 Å². The Morgan fingerprint density at radius 1 is 1.70 bits per heavy atom. The molecule has 1 unspecified atom stereocenters. The van der Waals surface area contributed by atoms with Gasteiger partial charge in [0, 0.05) is 7.11 Å². The van der Waals surface area contributed by atoms with E-state index in [0.29, 0.717) is 0 Å². The molecule has 1 heteroatoms. The van der Waals surface area contributed by atoms with Crippen molar-refractivity contribution in [2.45, 2.75) is 25.9 Å². The van der Waals surface area contributed by atoms with E-state index in [9.17, 15) is 0 Å². The van der Waals surface area contributed by atoms with Crippen LogP contribution in [0.1, 0.15) is 19.8 Å². The van der Waals surface area contributed by atoms with Crippen molar-refractivity contribution in [3.8, 4) is 0 Å². The van der Waals surface area contributed by atoms with E-state index in [1.54, 1.807) is 7.11 Å². The lowest BCUT2D eigenvalue weighted by atomic mass is 10.1. The molecule has 0 aliphatic rings. The smallest absolute Gasteiger partial charge is 0.0642 e. The van der Waals surface area contributed by atoms with Gasteiger partial charge in [-0.2, -0.15) is 0 Å². The fourth-order valence-electron chi connectivity index (χ4n) is 0.837. The molecule has 0 saturated heterocycles. The Kier molecular flexibility index (Phi) is 4.95. The number of rotatable bonds is 5. The highest BCUT2D eigenvalue weighted by Crippen LogP contribution is 2.08. The van der Waals surface area contributed by atoms with Crippen molar-refractivity contribution in [2.75, 3.05) is 7.11 Å². The quantitative estimate of drug-likeness (QED) is 0.533. The van der Waals surface area contributed by atoms with Gasteiger partial charge >= 0.3 is 0 Å². The van der Waals surface area contributed by atoms with Crippen LogP contribution < -0.4 is 0 Å². The molecule has 0 aromatic rings. The second-order valence-electron chi connectivity index (χ2n) is 2.54. The van der Waals surface area contributed by atoms with E-state index in [4.69, 9.17) is 4.74 Å². The third-order valence-corrected chi connectivity index (χ3v) is 1.34. The lowest BCUT2D eigenvalue weighted by molar-refractivity contribution is 0.106. The van der Waals surface area contributed by atoms with Crippen molar-refractivity contribution >= 4 is 0 Å². The molecule has 1 nitrogen and oxygen atoms in total. The molecule has 0 aromatic carbocycles. The van der Waals surface area contributed by atoms with Crippen LogP contribution in [0.2, 0.25) is 0 Å². The largest absolute Gasteiger partial charge is 0.381 e. The predicted octanol–water partition coefficient (Wildman–Crippen LogP) is 2.54. The first-order valence-electron chi connectivity index (χ1n) is 3.48. The summed E-state index contributed by atoms with van der Waals surface area (Å²) in [4.78, 5) is 0. The number of ether oxygens (including phenoxy) is 1. The Morgan fingerprint density at radius 3 is 2.60 bits per heavy atom. The van der Waals surface area contributed by atoms with E-state index >= 15 is 0 Å². The molecule has 0 N–H and O–H groups in total. The lowest BCUT2D eigenvalue weighted by Crippen LogP contribution is -2.08. The summed E-state index contributed by atoms with van der Waals surface area (Å²) >= 11 is 0. The van der Waals surface area contributed by atoms with Crippen molar-refractivity contribution in [1.29, 1.82) is 0 Å². The third-order valence-electron chi connectivity index (χ3n) is 1.34. The van der Waals surface area contributed by atoms with Crippen LogP contribution in [0, 0.1) is 0 Å². The number of methoxy groups -OCH3 is 1. The topological polar surface area (TPSA) is 9.23 Å². The van der Waals surface area contributed by atoms with Gasteiger partial charge in [0.2, 0.25) is 0 Å². The molecule has 1 atom stereocenters. The molecule has 0 aliphatic carbocycles. The van der Waals surface area contributed by atoms with Gasteiger partial charge in [0.15, 0.2) is 0 Å². The van der Waals surface area contributed by atoms with Crippen LogP contribution >= 0.6 is 0 Å². The molecule has 10 heavy (non-hydrogen) atoms. The Balaban J connectivity index is 3.59. The highest BCUT2D eigenvalue weighted by molar-refractivity contribution is 4.92. The number of hydrogen-bond acceptors (Lipinski definition) is 1. The average molecular weight is 140 g/mol. The summed E-state index contributed by atoms with van der Waals surface area (Å²) in [6, 6.07) is 0. The molecule has 58 valence electrons. The fourth-order valence-corrected chi connectivity index (χ4v) is 0.837. The van der Waals surface area contributed by atoms with Crippen LogP contribution in [0.5, 0.6) is 0 Å². The Morgan fingerprint density at radius 2 is 2.30 bits per heavy atom. The van der Waals surface area contributed by atoms with Gasteiger partial charge in [-0.1, -0.05) is 11.6 Å². The SMILES string of the molecule is C=CCC(CC(=C)C)OC. The molecule has 0 fully saturated rings. The Bertz CT molecular complexity index is 116. The standard InChI is InChI=1S/C9H16O/c1-5-6-9(10-4)7-8(2)3/h5,9H,1-2,6-7H2,3-4H3. The molecule has 0 aliphatic heterocycles. The second kappa shape index (κ2) is 5.24. The van der Waals surface area contributed by atoms with Crippen molar-refractivity contribution < 1.29 is 4.74 Å². The summed E-state index contributed by atoms with van der Waals surface area (Å²) in [5.41, 5.74) is 1.16. The van der Waals surface area contributed by atoms with E-state index in [0.717, 1.165) is 18.4 Å². The maximum atomic E-state index is 5.17. The van der Waals surface area contributed by atoms with Gasteiger partial charge < -0.3 is 4.74 Å². The van der Waals surface area contributed by atoms with Crippen molar-refractivity contribution in [3.05, 3.63) is 24.8 Å². The van der Waals surface area contributed by atoms with Crippen LogP contribution in [-0.4, -0.2) is 13.2 Å². The first-order chi connectivity index (χ1) is 4.70. The molecule has 0 rings (SSSR count). The molecule has 0 spiro atoms. The molecule has 0 radical (unpaired) electrons. The minimum atomic E-state index is 0.273. The second-order valence-corrected chi connectivity index (χ2v) is 2.54. The fraction of sp³-hybridized carbons (Fsp3) is 0.556. The predicted molar refractivity (Wildman–Crippen MR) is 45.0 cm³/mol. The summed E-state index contributed by atoms with van der Waals surface area (Å²) in [5, 5.41) is 0. The van der Waals surface area contributed by atoms with Gasteiger partial charge in [0.25, 0.3) is 0 Å².